The summed E-state index contributed by atoms with van der Waals surface area (Å²) in [7, 11) is 5.76. The van der Waals surface area contributed by atoms with Gasteiger partial charge in [-0.3, -0.25) is 4.79 Å². The van der Waals surface area contributed by atoms with Gasteiger partial charge in [-0.2, -0.15) is 0 Å². The van der Waals surface area contributed by atoms with Gasteiger partial charge < -0.3 is 19.3 Å². The fraction of sp³-hybridized carbons (Fsp3) is 0.344. The van der Waals surface area contributed by atoms with Crippen LogP contribution in [0.15, 0.2) is 66.7 Å². The van der Waals surface area contributed by atoms with Crippen LogP contribution in [0, 0.1) is 0 Å². The fourth-order valence-electron chi connectivity index (χ4n) is 5.65. The first kappa shape index (κ1) is 30.2. The van der Waals surface area contributed by atoms with Gasteiger partial charge in [0.05, 0.1) is 12.1 Å². The van der Waals surface area contributed by atoms with Gasteiger partial charge >= 0.3 is 6.36 Å². The van der Waals surface area contributed by atoms with Crippen LogP contribution in [-0.2, 0) is 6.54 Å². The maximum atomic E-state index is 14.3. The maximum absolute atomic E-state index is 14.3. The van der Waals surface area contributed by atoms with Gasteiger partial charge in [-0.1, -0.05) is 48.0 Å². The molecule has 3 aromatic carbocycles. The molecule has 0 unspecified atom stereocenters. The molecule has 0 atom stereocenters. The number of nitrogens with zero attached hydrogens (tertiary/aromatic N) is 2. The largest absolute Gasteiger partial charge is 0.573 e. The van der Waals surface area contributed by atoms with Crippen LogP contribution in [0.2, 0.25) is 5.02 Å². The van der Waals surface area contributed by atoms with Crippen LogP contribution in [-0.4, -0.2) is 55.4 Å². The number of benzene rings is 3. The van der Waals surface area contributed by atoms with Crippen molar-refractivity contribution in [3.05, 3.63) is 82.2 Å². The molecule has 1 aliphatic carbocycles. The third-order valence-electron chi connectivity index (χ3n) is 7.87. The van der Waals surface area contributed by atoms with Crippen molar-refractivity contribution in [3.63, 3.8) is 0 Å². The van der Waals surface area contributed by atoms with E-state index in [2.05, 4.69) is 23.7 Å². The lowest BCUT2D eigenvalue weighted by Crippen LogP contribution is -2.44. The van der Waals surface area contributed by atoms with Gasteiger partial charge in [0.25, 0.3) is 5.91 Å². The van der Waals surface area contributed by atoms with Crippen LogP contribution in [0.3, 0.4) is 0 Å². The molecule has 10 heteroatoms. The van der Waals surface area contributed by atoms with Gasteiger partial charge in [-0.15, -0.1) is 24.5 Å². The monoisotopic (exact) mass is 616 g/mol. The Labute approximate surface area is 252 Å². The number of carbonyl (C=O) groups is 1. The summed E-state index contributed by atoms with van der Waals surface area (Å²) in [5, 5.41) is 1.33. The van der Waals surface area contributed by atoms with E-state index in [0.717, 1.165) is 46.9 Å². The zero-order valence-electron chi connectivity index (χ0n) is 23.6. The molecule has 42 heavy (non-hydrogen) atoms. The second-order valence-electron chi connectivity index (χ2n) is 10.7. The second-order valence-corrected chi connectivity index (χ2v) is 12.1. The zero-order chi connectivity index (χ0) is 30.0. The number of rotatable bonds is 8. The van der Waals surface area contributed by atoms with E-state index < -0.39 is 6.36 Å². The minimum Gasteiger partial charge on any atom is -0.496 e. The highest BCUT2D eigenvalue weighted by Crippen LogP contribution is 2.39. The molecule has 4 aromatic rings. The summed E-state index contributed by atoms with van der Waals surface area (Å²) >= 11 is 8.17. The standard InChI is InChI=1S/C32H32ClF3N2O3S/c1-37(2)23-11-13-24(14-12-23)38(31(39)30-29(33)26-6-4-5-7-28(26)42-30)19-22-18-21(10-17-27(22)40-3)20-8-15-25(16-9-20)41-32(34,35)36/h4-10,15-18,23-24H,11-14,19H2,1-3H3. The molecular weight excluding hydrogens is 585 g/mol. The van der Waals surface area contributed by atoms with E-state index in [-0.39, 0.29) is 17.7 Å². The number of ether oxygens (including phenoxy) is 2. The first-order valence-electron chi connectivity index (χ1n) is 13.7. The number of alkyl halides is 3. The molecule has 1 heterocycles. The predicted octanol–water partition coefficient (Wildman–Crippen LogP) is 8.64. The summed E-state index contributed by atoms with van der Waals surface area (Å²) in [4.78, 5) is 18.9. The number of fused-ring (bicyclic) bond motifs is 1. The van der Waals surface area contributed by atoms with E-state index in [1.165, 1.54) is 23.5 Å². The lowest BCUT2D eigenvalue weighted by Gasteiger charge is -2.39. The molecule has 5 nitrogen and oxygen atoms in total. The molecular formula is C32H32ClF3N2O3S. The van der Waals surface area contributed by atoms with Crippen molar-refractivity contribution < 1.29 is 27.4 Å². The molecule has 0 aliphatic heterocycles. The van der Waals surface area contributed by atoms with Crippen LogP contribution in [0.1, 0.15) is 40.9 Å². The number of amides is 1. The van der Waals surface area contributed by atoms with Crippen molar-refractivity contribution >= 4 is 38.9 Å². The molecule has 1 amide bonds. The predicted molar refractivity (Wildman–Crippen MR) is 162 cm³/mol. The Morgan fingerprint density at radius 2 is 1.60 bits per heavy atom. The SMILES string of the molecule is COc1ccc(-c2ccc(OC(F)(F)F)cc2)cc1CN(C(=O)c1sc2ccccc2c1Cl)C1CCC(N(C)C)CC1. The van der Waals surface area contributed by atoms with Crippen LogP contribution >= 0.6 is 22.9 Å². The Morgan fingerprint density at radius 3 is 2.21 bits per heavy atom. The van der Waals surface area contributed by atoms with Crippen molar-refractivity contribution in [2.45, 2.75) is 50.7 Å². The molecule has 0 saturated heterocycles. The van der Waals surface area contributed by atoms with Crippen LogP contribution in [0.4, 0.5) is 13.2 Å². The summed E-state index contributed by atoms with van der Waals surface area (Å²) in [6.45, 7) is 0.299. The van der Waals surface area contributed by atoms with Crippen molar-refractivity contribution in [1.82, 2.24) is 9.80 Å². The molecule has 1 saturated carbocycles. The number of methoxy groups -OCH3 is 1. The van der Waals surface area contributed by atoms with Gasteiger partial charge in [0.1, 0.15) is 16.4 Å². The van der Waals surface area contributed by atoms with E-state index in [1.807, 2.05) is 47.4 Å². The number of hydrogen-bond donors (Lipinski definition) is 0. The van der Waals surface area contributed by atoms with E-state index in [1.54, 1.807) is 19.2 Å². The van der Waals surface area contributed by atoms with Gasteiger partial charge in [-0.05, 0) is 81.2 Å². The highest BCUT2D eigenvalue weighted by atomic mass is 35.5. The Bertz CT molecular complexity index is 1550. The Kier molecular flexibility index (Phi) is 9.01. The molecule has 5 rings (SSSR count). The van der Waals surface area contributed by atoms with Gasteiger partial charge in [0, 0.05) is 34.3 Å². The smallest absolute Gasteiger partial charge is 0.496 e. The quantitative estimate of drug-likeness (QED) is 0.199. The third-order valence-corrected chi connectivity index (χ3v) is 9.53. The third kappa shape index (κ3) is 6.69. The second kappa shape index (κ2) is 12.5. The lowest BCUT2D eigenvalue weighted by atomic mass is 9.89. The average molecular weight is 617 g/mol. The van der Waals surface area contributed by atoms with E-state index in [9.17, 15) is 18.0 Å². The lowest BCUT2D eigenvalue weighted by molar-refractivity contribution is -0.274. The summed E-state index contributed by atoms with van der Waals surface area (Å²) in [6, 6.07) is 19.5. The highest BCUT2D eigenvalue weighted by Gasteiger charge is 2.33. The van der Waals surface area contributed by atoms with E-state index >= 15 is 0 Å². The first-order valence-corrected chi connectivity index (χ1v) is 14.9. The average Bonchev–Trinajstić information content (AvgIpc) is 3.31. The maximum Gasteiger partial charge on any atom is 0.573 e. The highest BCUT2D eigenvalue weighted by molar-refractivity contribution is 7.21. The zero-order valence-corrected chi connectivity index (χ0v) is 25.2. The summed E-state index contributed by atoms with van der Waals surface area (Å²) in [5.74, 6) is 0.221. The molecule has 0 N–H and O–H groups in total. The van der Waals surface area contributed by atoms with Crippen molar-refractivity contribution in [2.75, 3.05) is 21.2 Å². The molecule has 0 spiro atoms. The van der Waals surface area contributed by atoms with Crippen molar-refractivity contribution in [2.24, 2.45) is 0 Å². The van der Waals surface area contributed by atoms with Crippen LogP contribution in [0.5, 0.6) is 11.5 Å². The minimum absolute atomic E-state index is 0.0159. The number of hydrogen-bond acceptors (Lipinski definition) is 5. The Balaban J connectivity index is 1.48. The number of halogens is 4. The molecule has 0 bridgehead atoms. The molecule has 1 fully saturated rings. The topological polar surface area (TPSA) is 42.0 Å². The first-order chi connectivity index (χ1) is 20.0. The van der Waals surface area contributed by atoms with Crippen LogP contribution < -0.4 is 9.47 Å². The molecule has 1 aromatic heterocycles. The molecule has 1 aliphatic rings. The number of thiophene rings is 1. The van der Waals surface area contributed by atoms with Crippen LogP contribution in [0.25, 0.3) is 21.2 Å². The van der Waals surface area contributed by atoms with E-state index in [4.69, 9.17) is 16.3 Å². The summed E-state index contributed by atoms with van der Waals surface area (Å²) < 4.78 is 48.6. The Morgan fingerprint density at radius 1 is 0.952 bits per heavy atom. The van der Waals surface area contributed by atoms with E-state index in [0.29, 0.717) is 33.8 Å². The number of carbonyl (C=O) groups excluding carboxylic acids is 1. The Hall–Kier alpha value is -3.27. The summed E-state index contributed by atoms with van der Waals surface area (Å²) in [6.07, 6.45) is -1.08. The molecule has 222 valence electrons. The minimum atomic E-state index is -4.76. The van der Waals surface area contributed by atoms with Crippen molar-refractivity contribution in [1.29, 1.82) is 0 Å². The normalized spacial score (nSPS) is 17.4. The molecule has 0 radical (unpaired) electrons. The summed E-state index contributed by atoms with van der Waals surface area (Å²) in [5.41, 5.74) is 2.30. The van der Waals surface area contributed by atoms with Gasteiger partial charge in [0.2, 0.25) is 0 Å². The van der Waals surface area contributed by atoms with Gasteiger partial charge in [-0.25, -0.2) is 0 Å². The fourth-order valence-corrected chi connectivity index (χ4v) is 7.12. The van der Waals surface area contributed by atoms with Crippen molar-refractivity contribution in [3.8, 4) is 22.6 Å². The van der Waals surface area contributed by atoms with Gasteiger partial charge in [0.15, 0.2) is 0 Å².